The summed E-state index contributed by atoms with van der Waals surface area (Å²) in [5, 5.41) is 13.7. The first-order valence-electron chi connectivity index (χ1n) is 7.10. The Kier molecular flexibility index (Phi) is 6.36. The lowest BCUT2D eigenvalue weighted by Crippen LogP contribution is -2.51. The summed E-state index contributed by atoms with van der Waals surface area (Å²) in [5.74, 6) is -1.86. The van der Waals surface area contributed by atoms with Crippen LogP contribution < -0.4 is 10.6 Å². The van der Waals surface area contributed by atoms with Crippen molar-refractivity contribution in [2.45, 2.75) is 39.7 Å². The normalized spacial score (nSPS) is 20.4. The van der Waals surface area contributed by atoms with Gasteiger partial charge in [-0.3, -0.25) is 10.1 Å². The second-order valence-corrected chi connectivity index (χ2v) is 5.22. The van der Waals surface area contributed by atoms with Gasteiger partial charge in [0.25, 0.3) is 5.91 Å². The summed E-state index contributed by atoms with van der Waals surface area (Å²) in [5.41, 5.74) is -0.0494. The summed E-state index contributed by atoms with van der Waals surface area (Å²) in [6.07, 6.45) is 1.88. The molecule has 0 aliphatic carbocycles. The molecule has 0 aromatic carbocycles. The second-order valence-electron chi connectivity index (χ2n) is 5.22. The Labute approximate surface area is 124 Å². The minimum Gasteiger partial charge on any atom is -0.478 e. The molecular weight excluding hydrogens is 274 g/mol. The van der Waals surface area contributed by atoms with Gasteiger partial charge in [0.2, 0.25) is 0 Å². The van der Waals surface area contributed by atoms with Gasteiger partial charge in [-0.15, -0.1) is 0 Å². The SMILES string of the molecule is CCN1CCCC(NC(=O)NC(=O)C(C)=C(C)C(=O)O)C1. The van der Waals surface area contributed by atoms with Crippen LogP contribution in [0.2, 0.25) is 0 Å². The zero-order chi connectivity index (χ0) is 16.0. The fourth-order valence-electron chi connectivity index (χ4n) is 2.21. The Balaban J connectivity index is 2.52. The number of rotatable bonds is 4. The van der Waals surface area contributed by atoms with Crippen LogP contribution in [0.5, 0.6) is 0 Å². The number of amides is 3. The lowest BCUT2D eigenvalue weighted by molar-refractivity contribution is -0.133. The summed E-state index contributed by atoms with van der Waals surface area (Å²) in [4.78, 5) is 36.5. The van der Waals surface area contributed by atoms with Gasteiger partial charge < -0.3 is 15.3 Å². The molecule has 1 aliphatic heterocycles. The first-order valence-corrected chi connectivity index (χ1v) is 7.10. The van der Waals surface area contributed by atoms with Gasteiger partial charge in [0.05, 0.1) is 0 Å². The number of aliphatic carboxylic acids is 1. The fourth-order valence-corrected chi connectivity index (χ4v) is 2.21. The maximum atomic E-state index is 11.8. The van der Waals surface area contributed by atoms with Crippen molar-refractivity contribution in [1.29, 1.82) is 0 Å². The van der Waals surface area contributed by atoms with E-state index in [1.54, 1.807) is 0 Å². The standard InChI is InChI=1S/C14H23N3O4/c1-4-17-7-5-6-11(8-17)15-14(21)16-12(18)9(2)10(3)13(19)20/h11H,4-8H2,1-3H3,(H,19,20)(H2,15,16,18,21). The van der Waals surface area contributed by atoms with Gasteiger partial charge in [0, 0.05) is 23.7 Å². The van der Waals surface area contributed by atoms with Crippen LogP contribution >= 0.6 is 0 Å². The molecule has 7 nitrogen and oxygen atoms in total. The van der Waals surface area contributed by atoms with Gasteiger partial charge >= 0.3 is 12.0 Å². The predicted molar refractivity (Wildman–Crippen MR) is 77.8 cm³/mol. The third kappa shape index (κ3) is 5.18. The molecule has 1 aliphatic rings. The van der Waals surface area contributed by atoms with E-state index < -0.39 is 17.9 Å². The molecule has 1 heterocycles. The minimum absolute atomic E-state index is 0.0105. The summed E-state index contributed by atoms with van der Waals surface area (Å²) in [7, 11) is 0. The van der Waals surface area contributed by atoms with Crippen molar-refractivity contribution in [3.8, 4) is 0 Å². The molecule has 1 rings (SSSR count). The van der Waals surface area contributed by atoms with Crippen LogP contribution in [0, 0.1) is 0 Å². The minimum atomic E-state index is -1.17. The van der Waals surface area contributed by atoms with Crippen LogP contribution in [0.15, 0.2) is 11.1 Å². The summed E-state index contributed by atoms with van der Waals surface area (Å²) in [6.45, 7) is 7.49. The molecule has 0 aromatic heterocycles. The Morgan fingerprint density at radius 1 is 1.24 bits per heavy atom. The number of likely N-dealkylation sites (N-methyl/N-ethyl adjacent to an activating group) is 1. The molecule has 7 heteroatoms. The molecule has 0 radical (unpaired) electrons. The number of nitrogens with one attached hydrogen (secondary N) is 2. The first kappa shape index (κ1) is 17.2. The topological polar surface area (TPSA) is 98.7 Å². The lowest BCUT2D eigenvalue weighted by Gasteiger charge is -2.32. The van der Waals surface area contributed by atoms with Crippen molar-refractivity contribution in [2.24, 2.45) is 0 Å². The quantitative estimate of drug-likeness (QED) is 0.664. The van der Waals surface area contributed by atoms with Gasteiger partial charge in [-0.2, -0.15) is 0 Å². The fraction of sp³-hybridized carbons (Fsp3) is 0.643. The number of hydrogen-bond acceptors (Lipinski definition) is 4. The Bertz CT molecular complexity index is 459. The smallest absolute Gasteiger partial charge is 0.331 e. The van der Waals surface area contributed by atoms with Gasteiger partial charge in [-0.05, 0) is 39.8 Å². The number of nitrogens with zero attached hydrogens (tertiary/aromatic N) is 1. The highest BCUT2D eigenvalue weighted by Crippen LogP contribution is 2.09. The van der Waals surface area contributed by atoms with Crippen LogP contribution in [-0.2, 0) is 9.59 Å². The van der Waals surface area contributed by atoms with Crippen molar-refractivity contribution in [1.82, 2.24) is 15.5 Å². The van der Waals surface area contributed by atoms with Gasteiger partial charge in [-0.25, -0.2) is 9.59 Å². The van der Waals surface area contributed by atoms with Crippen LogP contribution in [0.4, 0.5) is 4.79 Å². The molecule has 3 amide bonds. The predicted octanol–water partition coefficient (Wildman–Crippen LogP) is 0.718. The molecule has 3 N–H and O–H groups in total. The number of urea groups is 1. The Morgan fingerprint density at radius 2 is 1.90 bits per heavy atom. The highest BCUT2D eigenvalue weighted by molar-refractivity contribution is 6.07. The Morgan fingerprint density at radius 3 is 2.48 bits per heavy atom. The lowest BCUT2D eigenvalue weighted by atomic mass is 10.1. The molecule has 118 valence electrons. The van der Waals surface area contributed by atoms with Crippen molar-refractivity contribution >= 4 is 17.9 Å². The maximum Gasteiger partial charge on any atom is 0.331 e. The highest BCUT2D eigenvalue weighted by atomic mass is 16.4. The number of piperidine rings is 1. The van der Waals surface area contributed by atoms with Crippen LogP contribution in [-0.4, -0.2) is 53.6 Å². The van der Waals surface area contributed by atoms with E-state index in [2.05, 4.69) is 22.5 Å². The van der Waals surface area contributed by atoms with Crippen LogP contribution in [0.1, 0.15) is 33.6 Å². The van der Waals surface area contributed by atoms with Crippen LogP contribution in [0.3, 0.4) is 0 Å². The first-order chi connectivity index (χ1) is 9.85. The average molecular weight is 297 g/mol. The van der Waals surface area contributed by atoms with E-state index in [1.807, 2.05) is 0 Å². The largest absolute Gasteiger partial charge is 0.478 e. The van der Waals surface area contributed by atoms with E-state index >= 15 is 0 Å². The third-order valence-electron chi connectivity index (χ3n) is 3.74. The van der Waals surface area contributed by atoms with Crippen LogP contribution in [0.25, 0.3) is 0 Å². The molecular formula is C14H23N3O4. The number of hydrogen-bond donors (Lipinski definition) is 3. The molecule has 0 aromatic rings. The molecule has 0 bridgehead atoms. The van der Waals surface area contributed by atoms with E-state index in [-0.39, 0.29) is 17.2 Å². The maximum absolute atomic E-state index is 11.8. The number of carbonyl (C=O) groups is 3. The second kappa shape index (κ2) is 7.78. The van der Waals surface area contributed by atoms with E-state index in [0.717, 1.165) is 32.5 Å². The average Bonchev–Trinajstić information content (AvgIpc) is 2.45. The van der Waals surface area contributed by atoms with E-state index in [9.17, 15) is 14.4 Å². The van der Waals surface area contributed by atoms with Crippen molar-refractivity contribution in [3.05, 3.63) is 11.1 Å². The monoisotopic (exact) mass is 297 g/mol. The zero-order valence-electron chi connectivity index (χ0n) is 12.7. The van der Waals surface area contributed by atoms with E-state index in [0.29, 0.717) is 0 Å². The summed E-state index contributed by atoms with van der Waals surface area (Å²) < 4.78 is 0. The number of carboxylic acids is 1. The molecule has 0 spiro atoms. The molecule has 21 heavy (non-hydrogen) atoms. The van der Waals surface area contributed by atoms with E-state index in [1.165, 1.54) is 13.8 Å². The van der Waals surface area contributed by atoms with Crippen molar-refractivity contribution < 1.29 is 19.5 Å². The molecule has 1 unspecified atom stereocenters. The molecule has 1 atom stereocenters. The molecule has 1 saturated heterocycles. The molecule has 0 saturated carbocycles. The Hall–Kier alpha value is -1.89. The van der Waals surface area contributed by atoms with Gasteiger partial charge in [0.1, 0.15) is 0 Å². The van der Waals surface area contributed by atoms with Gasteiger partial charge in [0.15, 0.2) is 0 Å². The summed E-state index contributed by atoms with van der Waals surface area (Å²) in [6, 6.07) is -0.572. The number of carbonyl (C=O) groups excluding carboxylic acids is 2. The number of carboxylic acid groups (broad SMARTS) is 1. The van der Waals surface area contributed by atoms with Crippen molar-refractivity contribution in [2.75, 3.05) is 19.6 Å². The highest BCUT2D eigenvalue weighted by Gasteiger charge is 2.21. The third-order valence-corrected chi connectivity index (χ3v) is 3.74. The van der Waals surface area contributed by atoms with E-state index in [4.69, 9.17) is 5.11 Å². The summed E-state index contributed by atoms with van der Waals surface area (Å²) >= 11 is 0. The number of likely N-dealkylation sites (tertiary alicyclic amines) is 1. The zero-order valence-corrected chi connectivity index (χ0v) is 12.7. The molecule has 1 fully saturated rings. The van der Waals surface area contributed by atoms with Crippen molar-refractivity contribution in [3.63, 3.8) is 0 Å². The number of imide groups is 1. The van der Waals surface area contributed by atoms with Gasteiger partial charge in [-0.1, -0.05) is 6.92 Å².